The zero-order valence-electron chi connectivity index (χ0n) is 12.8. The monoisotopic (exact) mass is 307 g/mol. The molecule has 0 spiro atoms. The van der Waals surface area contributed by atoms with E-state index in [1.807, 2.05) is 54.6 Å². The zero-order valence-corrected chi connectivity index (χ0v) is 12.8. The largest absolute Gasteiger partial charge is 0.493 e. The quantitative estimate of drug-likeness (QED) is 0.778. The van der Waals surface area contributed by atoms with E-state index >= 15 is 0 Å². The van der Waals surface area contributed by atoms with Gasteiger partial charge in [-0.3, -0.25) is 4.79 Å². The number of carbonyl (C=O) groups excluding carboxylic acids is 1. The number of carbonyl (C=O) groups is 1. The average Bonchev–Trinajstić information content (AvgIpc) is 2.60. The maximum Gasteiger partial charge on any atom is 0.262 e. The van der Waals surface area contributed by atoms with Gasteiger partial charge >= 0.3 is 0 Å². The van der Waals surface area contributed by atoms with E-state index in [-0.39, 0.29) is 12.5 Å². The molecule has 1 amide bonds. The van der Waals surface area contributed by atoms with Gasteiger partial charge in [-0.15, -0.1) is 0 Å². The van der Waals surface area contributed by atoms with Crippen LogP contribution in [0.3, 0.4) is 0 Å². The van der Waals surface area contributed by atoms with Gasteiger partial charge in [-0.2, -0.15) is 0 Å². The highest BCUT2D eigenvalue weighted by atomic mass is 16.5. The molecule has 4 nitrogen and oxygen atoms in total. The molecule has 0 aromatic heterocycles. The van der Waals surface area contributed by atoms with Crippen LogP contribution in [0.4, 0.5) is 5.69 Å². The lowest BCUT2D eigenvalue weighted by atomic mass is 10.1. The van der Waals surface area contributed by atoms with Crippen molar-refractivity contribution < 1.29 is 14.3 Å². The Hall–Kier alpha value is -3.01. The first-order valence-electron chi connectivity index (χ1n) is 7.31. The first kappa shape index (κ1) is 14.9. The second-order valence-electron chi connectivity index (χ2n) is 5.05. The Morgan fingerprint density at radius 1 is 0.913 bits per heavy atom. The van der Waals surface area contributed by atoms with Crippen molar-refractivity contribution in [3.63, 3.8) is 0 Å². The third kappa shape index (κ3) is 3.61. The van der Waals surface area contributed by atoms with Crippen LogP contribution in [-0.2, 0) is 4.79 Å². The van der Waals surface area contributed by atoms with Crippen LogP contribution in [0.25, 0.3) is 10.8 Å². The van der Waals surface area contributed by atoms with Gasteiger partial charge in [-0.25, -0.2) is 0 Å². The SMILES string of the molecule is COc1ccccc1OCC(=O)Nc1ccc2ccccc2c1. The summed E-state index contributed by atoms with van der Waals surface area (Å²) in [5.41, 5.74) is 0.748. The third-order valence-electron chi connectivity index (χ3n) is 3.46. The Labute approximate surface area is 134 Å². The molecule has 0 fully saturated rings. The molecule has 0 saturated carbocycles. The Bertz CT molecular complexity index is 829. The number of methoxy groups -OCH3 is 1. The first-order valence-corrected chi connectivity index (χ1v) is 7.31. The minimum absolute atomic E-state index is 0.0762. The van der Waals surface area contributed by atoms with Gasteiger partial charge in [0.25, 0.3) is 5.91 Å². The predicted octanol–water partition coefficient (Wildman–Crippen LogP) is 3.87. The summed E-state index contributed by atoms with van der Waals surface area (Å²) in [5.74, 6) is 0.931. The van der Waals surface area contributed by atoms with Crippen molar-refractivity contribution in [2.45, 2.75) is 0 Å². The third-order valence-corrected chi connectivity index (χ3v) is 3.46. The van der Waals surface area contributed by atoms with Gasteiger partial charge in [0.2, 0.25) is 0 Å². The molecule has 116 valence electrons. The van der Waals surface area contributed by atoms with Crippen LogP contribution in [0.5, 0.6) is 11.5 Å². The predicted molar refractivity (Wildman–Crippen MR) is 91.1 cm³/mol. The molecule has 0 radical (unpaired) electrons. The maximum absolute atomic E-state index is 12.0. The molecule has 0 unspecified atom stereocenters. The fourth-order valence-corrected chi connectivity index (χ4v) is 2.35. The smallest absolute Gasteiger partial charge is 0.262 e. The minimum atomic E-state index is -0.216. The second-order valence-corrected chi connectivity index (χ2v) is 5.05. The van der Waals surface area contributed by atoms with Crippen molar-refractivity contribution in [2.24, 2.45) is 0 Å². The van der Waals surface area contributed by atoms with E-state index < -0.39 is 0 Å². The van der Waals surface area contributed by atoms with E-state index in [2.05, 4.69) is 5.32 Å². The van der Waals surface area contributed by atoms with Crippen LogP contribution in [0.2, 0.25) is 0 Å². The van der Waals surface area contributed by atoms with Crippen LogP contribution in [0.15, 0.2) is 66.7 Å². The zero-order chi connectivity index (χ0) is 16.1. The van der Waals surface area contributed by atoms with Crippen molar-refractivity contribution in [3.05, 3.63) is 66.7 Å². The van der Waals surface area contributed by atoms with Crippen molar-refractivity contribution in [3.8, 4) is 11.5 Å². The molecule has 0 aliphatic carbocycles. The van der Waals surface area contributed by atoms with Crippen molar-refractivity contribution in [1.82, 2.24) is 0 Å². The molecule has 0 bridgehead atoms. The van der Waals surface area contributed by atoms with E-state index in [0.29, 0.717) is 11.5 Å². The number of hydrogen-bond acceptors (Lipinski definition) is 3. The van der Waals surface area contributed by atoms with Gasteiger partial charge in [0.05, 0.1) is 7.11 Å². The average molecular weight is 307 g/mol. The van der Waals surface area contributed by atoms with Gasteiger partial charge < -0.3 is 14.8 Å². The summed E-state index contributed by atoms with van der Waals surface area (Å²) in [7, 11) is 1.57. The second kappa shape index (κ2) is 6.83. The highest BCUT2D eigenvalue weighted by Gasteiger charge is 2.07. The van der Waals surface area contributed by atoms with Crippen molar-refractivity contribution in [2.75, 3.05) is 19.0 Å². The van der Waals surface area contributed by atoms with E-state index in [9.17, 15) is 4.79 Å². The number of nitrogens with one attached hydrogen (secondary N) is 1. The summed E-state index contributed by atoms with van der Waals surface area (Å²) in [4.78, 5) is 12.0. The molecule has 3 rings (SSSR count). The van der Waals surface area contributed by atoms with Crippen LogP contribution < -0.4 is 14.8 Å². The minimum Gasteiger partial charge on any atom is -0.493 e. The van der Waals surface area contributed by atoms with Gasteiger partial charge in [0, 0.05) is 5.69 Å². The number of benzene rings is 3. The molecular formula is C19H17NO3. The van der Waals surface area contributed by atoms with E-state index in [4.69, 9.17) is 9.47 Å². The van der Waals surface area contributed by atoms with Crippen LogP contribution in [-0.4, -0.2) is 19.6 Å². The molecule has 3 aromatic carbocycles. The van der Waals surface area contributed by atoms with Crippen molar-refractivity contribution >= 4 is 22.4 Å². The number of amides is 1. The molecule has 23 heavy (non-hydrogen) atoms. The van der Waals surface area contributed by atoms with Crippen LogP contribution in [0, 0.1) is 0 Å². The Morgan fingerprint density at radius 2 is 1.61 bits per heavy atom. The van der Waals surface area contributed by atoms with E-state index in [1.165, 1.54) is 0 Å². The maximum atomic E-state index is 12.0. The number of rotatable bonds is 5. The number of ether oxygens (including phenoxy) is 2. The summed E-state index contributed by atoms with van der Waals surface area (Å²) >= 11 is 0. The summed E-state index contributed by atoms with van der Waals surface area (Å²) in [6, 6.07) is 21.0. The molecule has 0 heterocycles. The van der Waals surface area contributed by atoms with Gasteiger partial charge in [0.1, 0.15) is 0 Å². The number of hydrogen-bond donors (Lipinski definition) is 1. The fourth-order valence-electron chi connectivity index (χ4n) is 2.35. The highest BCUT2D eigenvalue weighted by molar-refractivity contribution is 5.95. The molecular weight excluding hydrogens is 290 g/mol. The molecule has 1 N–H and O–H groups in total. The number of anilines is 1. The van der Waals surface area contributed by atoms with Gasteiger partial charge in [-0.1, -0.05) is 42.5 Å². The van der Waals surface area contributed by atoms with Crippen LogP contribution in [0.1, 0.15) is 0 Å². The van der Waals surface area contributed by atoms with Gasteiger partial charge in [-0.05, 0) is 35.0 Å². The summed E-state index contributed by atoms with van der Waals surface area (Å²) in [5, 5.41) is 5.05. The molecule has 0 aliphatic rings. The number of para-hydroxylation sites is 2. The first-order chi connectivity index (χ1) is 11.3. The summed E-state index contributed by atoms with van der Waals surface area (Å²) < 4.78 is 10.7. The lowest BCUT2D eigenvalue weighted by Gasteiger charge is -2.11. The van der Waals surface area contributed by atoms with Crippen LogP contribution >= 0.6 is 0 Å². The molecule has 4 heteroatoms. The van der Waals surface area contributed by atoms with Crippen molar-refractivity contribution in [1.29, 1.82) is 0 Å². The Kier molecular flexibility index (Phi) is 4.43. The molecule has 3 aromatic rings. The Morgan fingerprint density at radius 3 is 2.39 bits per heavy atom. The molecule has 0 aliphatic heterocycles. The molecule has 0 atom stereocenters. The lowest BCUT2D eigenvalue weighted by molar-refractivity contribution is -0.118. The van der Waals surface area contributed by atoms with Gasteiger partial charge in [0.15, 0.2) is 18.1 Å². The standard InChI is InChI=1S/C19H17NO3/c1-22-17-8-4-5-9-18(17)23-13-19(21)20-16-11-10-14-6-2-3-7-15(14)12-16/h2-12H,13H2,1H3,(H,20,21). The lowest BCUT2D eigenvalue weighted by Crippen LogP contribution is -2.20. The van der Waals surface area contributed by atoms with E-state index in [0.717, 1.165) is 16.5 Å². The Balaban J connectivity index is 1.64. The topological polar surface area (TPSA) is 47.6 Å². The molecule has 0 saturated heterocycles. The summed E-state index contributed by atoms with van der Waals surface area (Å²) in [6.07, 6.45) is 0. The normalized spacial score (nSPS) is 10.3. The number of fused-ring (bicyclic) bond motifs is 1. The summed E-state index contributed by atoms with van der Waals surface area (Å²) in [6.45, 7) is -0.0762. The fraction of sp³-hybridized carbons (Fsp3) is 0.105. The van der Waals surface area contributed by atoms with E-state index in [1.54, 1.807) is 19.2 Å². The highest BCUT2D eigenvalue weighted by Crippen LogP contribution is 2.25.